The van der Waals surface area contributed by atoms with Gasteiger partial charge in [-0.25, -0.2) is 0 Å². The van der Waals surface area contributed by atoms with Gasteiger partial charge in [0.2, 0.25) is 0 Å². The maximum Gasteiger partial charge on any atom is 0.0715 e. The number of nitrogens with two attached hydrogens (primary N) is 1. The van der Waals surface area contributed by atoms with Crippen molar-refractivity contribution < 1.29 is 4.74 Å². The third-order valence-electron chi connectivity index (χ3n) is 2.33. The molecular formula is C11H19N3O. The number of anilines is 1. The Hall–Kier alpha value is -1.13. The number of methoxy groups -OCH3 is 1. The molecule has 0 fully saturated rings. The molecule has 1 atom stereocenters. The maximum absolute atomic E-state index is 5.63. The van der Waals surface area contributed by atoms with E-state index in [2.05, 4.69) is 10.3 Å². The number of hydrogen-bond acceptors (Lipinski definition) is 4. The fraction of sp³-hybridized carbons (Fsp3) is 0.545. The molecular weight excluding hydrogens is 190 g/mol. The van der Waals surface area contributed by atoms with E-state index in [1.165, 1.54) is 0 Å². The van der Waals surface area contributed by atoms with Crippen LogP contribution in [0.25, 0.3) is 0 Å². The van der Waals surface area contributed by atoms with E-state index in [0.717, 1.165) is 23.5 Å². The second-order valence-corrected chi connectivity index (χ2v) is 3.61. The molecule has 0 radical (unpaired) electrons. The van der Waals surface area contributed by atoms with Crippen molar-refractivity contribution in [1.29, 1.82) is 0 Å². The number of hydrogen-bond donors (Lipinski definition) is 2. The quantitative estimate of drug-likeness (QED) is 0.767. The summed E-state index contributed by atoms with van der Waals surface area (Å²) in [4.78, 5) is 4.21. The van der Waals surface area contributed by atoms with E-state index in [1.54, 1.807) is 7.11 Å². The van der Waals surface area contributed by atoms with Gasteiger partial charge in [-0.05, 0) is 19.9 Å². The smallest absolute Gasteiger partial charge is 0.0715 e. The van der Waals surface area contributed by atoms with Crippen LogP contribution in [0.2, 0.25) is 0 Å². The van der Waals surface area contributed by atoms with Gasteiger partial charge >= 0.3 is 0 Å². The van der Waals surface area contributed by atoms with Crippen LogP contribution < -0.4 is 11.1 Å². The molecule has 15 heavy (non-hydrogen) atoms. The highest BCUT2D eigenvalue weighted by Gasteiger charge is 2.04. The van der Waals surface area contributed by atoms with Crippen molar-refractivity contribution >= 4 is 5.69 Å². The van der Waals surface area contributed by atoms with Gasteiger partial charge in [0.25, 0.3) is 0 Å². The molecule has 1 rings (SSSR count). The Morgan fingerprint density at radius 2 is 2.33 bits per heavy atom. The molecule has 0 aliphatic carbocycles. The second kappa shape index (κ2) is 5.68. The zero-order valence-electron chi connectivity index (χ0n) is 9.58. The Kier molecular flexibility index (Phi) is 4.52. The molecule has 0 spiro atoms. The number of rotatable bonds is 5. The van der Waals surface area contributed by atoms with Crippen LogP contribution in [0.15, 0.2) is 12.3 Å². The molecule has 4 heteroatoms. The highest BCUT2D eigenvalue weighted by Crippen LogP contribution is 2.14. The molecule has 3 N–H and O–H groups in total. The summed E-state index contributed by atoms with van der Waals surface area (Å²) in [5.41, 5.74) is 8.70. The zero-order chi connectivity index (χ0) is 11.3. The van der Waals surface area contributed by atoms with Gasteiger partial charge in [0.15, 0.2) is 0 Å². The van der Waals surface area contributed by atoms with E-state index in [1.807, 2.05) is 26.1 Å². The molecule has 0 saturated carbocycles. The fourth-order valence-electron chi connectivity index (χ4n) is 1.25. The normalized spacial score (nSPS) is 12.5. The lowest BCUT2D eigenvalue weighted by Gasteiger charge is -2.14. The van der Waals surface area contributed by atoms with Gasteiger partial charge in [-0.2, -0.15) is 0 Å². The number of nitrogens with one attached hydrogen (secondary N) is 1. The number of aromatic nitrogens is 1. The van der Waals surface area contributed by atoms with Gasteiger partial charge in [0, 0.05) is 43.3 Å². The van der Waals surface area contributed by atoms with Crippen LogP contribution in [0.3, 0.4) is 0 Å². The first kappa shape index (κ1) is 11.9. The number of nitrogens with zero attached hydrogens (tertiary/aromatic N) is 1. The summed E-state index contributed by atoms with van der Waals surface area (Å²) >= 11 is 0. The molecule has 0 aliphatic rings. The van der Waals surface area contributed by atoms with E-state index in [-0.39, 0.29) is 6.10 Å². The van der Waals surface area contributed by atoms with Crippen LogP contribution in [0.1, 0.15) is 18.2 Å². The van der Waals surface area contributed by atoms with Gasteiger partial charge in [-0.15, -0.1) is 0 Å². The highest BCUT2D eigenvalue weighted by atomic mass is 16.5. The highest BCUT2D eigenvalue weighted by molar-refractivity contribution is 5.51. The van der Waals surface area contributed by atoms with Gasteiger partial charge in [0.05, 0.1) is 6.10 Å². The van der Waals surface area contributed by atoms with Crippen LogP contribution in [0.4, 0.5) is 5.69 Å². The molecule has 0 bridgehead atoms. The summed E-state index contributed by atoms with van der Waals surface area (Å²) < 4.78 is 5.17. The lowest BCUT2D eigenvalue weighted by Crippen LogP contribution is -2.19. The van der Waals surface area contributed by atoms with Crippen LogP contribution in [0, 0.1) is 6.92 Å². The molecule has 4 nitrogen and oxygen atoms in total. The Morgan fingerprint density at radius 3 is 2.93 bits per heavy atom. The molecule has 1 heterocycles. The lowest BCUT2D eigenvalue weighted by molar-refractivity contribution is 0.129. The summed E-state index contributed by atoms with van der Waals surface area (Å²) in [5.74, 6) is 0. The van der Waals surface area contributed by atoms with E-state index >= 15 is 0 Å². The van der Waals surface area contributed by atoms with E-state index in [0.29, 0.717) is 6.54 Å². The Bertz CT molecular complexity index is 315. The SMILES string of the molecule is COC(C)CNc1cc(C)ncc1CN. The first-order valence-electron chi connectivity index (χ1n) is 5.09. The Balaban J connectivity index is 2.69. The average Bonchev–Trinajstić information content (AvgIpc) is 2.26. The molecule has 84 valence electrons. The zero-order valence-corrected chi connectivity index (χ0v) is 9.58. The predicted molar refractivity (Wildman–Crippen MR) is 61.8 cm³/mol. The third-order valence-corrected chi connectivity index (χ3v) is 2.33. The summed E-state index contributed by atoms with van der Waals surface area (Å²) in [6.45, 7) is 5.25. The minimum absolute atomic E-state index is 0.184. The first-order valence-corrected chi connectivity index (χ1v) is 5.09. The van der Waals surface area contributed by atoms with Crippen molar-refractivity contribution in [2.24, 2.45) is 5.73 Å². The van der Waals surface area contributed by atoms with Crippen molar-refractivity contribution in [2.75, 3.05) is 19.0 Å². The van der Waals surface area contributed by atoms with Gasteiger partial charge in [-0.1, -0.05) is 0 Å². The van der Waals surface area contributed by atoms with E-state index < -0.39 is 0 Å². The van der Waals surface area contributed by atoms with Crippen molar-refractivity contribution in [3.05, 3.63) is 23.5 Å². The van der Waals surface area contributed by atoms with Gasteiger partial charge in [-0.3, -0.25) is 4.98 Å². The van der Waals surface area contributed by atoms with Crippen LogP contribution in [-0.2, 0) is 11.3 Å². The van der Waals surface area contributed by atoms with Crippen LogP contribution in [-0.4, -0.2) is 24.7 Å². The van der Waals surface area contributed by atoms with Gasteiger partial charge < -0.3 is 15.8 Å². The minimum atomic E-state index is 0.184. The molecule has 1 unspecified atom stereocenters. The van der Waals surface area contributed by atoms with Crippen LogP contribution >= 0.6 is 0 Å². The van der Waals surface area contributed by atoms with Crippen molar-refractivity contribution in [3.63, 3.8) is 0 Å². The Morgan fingerprint density at radius 1 is 1.60 bits per heavy atom. The molecule has 0 saturated heterocycles. The molecule has 0 aromatic carbocycles. The summed E-state index contributed by atoms with van der Waals surface area (Å²) in [6, 6.07) is 2.00. The predicted octanol–water partition coefficient (Wildman–Crippen LogP) is 1.30. The minimum Gasteiger partial charge on any atom is -0.382 e. The molecule has 1 aromatic heterocycles. The number of ether oxygens (including phenoxy) is 1. The standard InChI is InChI=1S/C11H19N3O/c1-8-4-11(10(5-12)7-13-8)14-6-9(2)15-3/h4,7,9H,5-6,12H2,1-3H3,(H,13,14). The summed E-state index contributed by atoms with van der Waals surface area (Å²) in [5, 5.41) is 3.31. The third kappa shape index (κ3) is 3.49. The lowest BCUT2D eigenvalue weighted by atomic mass is 10.2. The number of pyridine rings is 1. The molecule has 0 amide bonds. The summed E-state index contributed by atoms with van der Waals surface area (Å²) in [7, 11) is 1.70. The largest absolute Gasteiger partial charge is 0.382 e. The van der Waals surface area contributed by atoms with Crippen LogP contribution in [0.5, 0.6) is 0 Å². The number of aryl methyl sites for hydroxylation is 1. The van der Waals surface area contributed by atoms with Crippen molar-refractivity contribution in [2.45, 2.75) is 26.5 Å². The fourth-order valence-corrected chi connectivity index (χ4v) is 1.25. The van der Waals surface area contributed by atoms with Crippen molar-refractivity contribution in [3.8, 4) is 0 Å². The van der Waals surface area contributed by atoms with Gasteiger partial charge in [0.1, 0.15) is 0 Å². The monoisotopic (exact) mass is 209 g/mol. The van der Waals surface area contributed by atoms with E-state index in [4.69, 9.17) is 10.5 Å². The molecule has 0 aliphatic heterocycles. The summed E-state index contributed by atoms with van der Waals surface area (Å²) in [6.07, 6.45) is 2.00. The maximum atomic E-state index is 5.63. The van der Waals surface area contributed by atoms with E-state index in [9.17, 15) is 0 Å². The topological polar surface area (TPSA) is 60.2 Å². The average molecular weight is 209 g/mol. The second-order valence-electron chi connectivity index (χ2n) is 3.61. The first-order chi connectivity index (χ1) is 7.17. The molecule has 1 aromatic rings. The Labute approximate surface area is 90.8 Å². The van der Waals surface area contributed by atoms with Crippen molar-refractivity contribution in [1.82, 2.24) is 4.98 Å².